The molecule has 0 fully saturated rings. The summed E-state index contributed by atoms with van der Waals surface area (Å²) < 4.78 is 4.97. The fraction of sp³-hybridized carbons (Fsp3) is 0.368. The highest BCUT2D eigenvalue weighted by molar-refractivity contribution is 7.17. The van der Waals surface area contributed by atoms with Crippen molar-refractivity contribution in [2.75, 3.05) is 25.6 Å². The third-order valence-electron chi connectivity index (χ3n) is 4.54. The standard InChI is InChI=1S/C19H21N3O5S/c1-27-10-9-20-18(24)16-14-7-2-3-8-15(14)28-19(16)21-17(23)12-5-4-6-13(11-12)22(25)26/h4-6,11H,2-3,7-10H2,1H3,(H,20,24)(H,21,23). The second kappa shape index (κ2) is 8.94. The van der Waals surface area contributed by atoms with E-state index in [0.29, 0.717) is 23.7 Å². The third-order valence-corrected chi connectivity index (χ3v) is 5.74. The summed E-state index contributed by atoms with van der Waals surface area (Å²) in [6, 6.07) is 5.52. The van der Waals surface area contributed by atoms with E-state index in [-0.39, 0.29) is 17.2 Å². The van der Waals surface area contributed by atoms with E-state index in [2.05, 4.69) is 10.6 Å². The molecule has 0 saturated carbocycles. The number of non-ortho nitro benzene ring substituents is 1. The first-order chi connectivity index (χ1) is 13.5. The summed E-state index contributed by atoms with van der Waals surface area (Å²) in [7, 11) is 1.56. The monoisotopic (exact) mass is 403 g/mol. The van der Waals surface area contributed by atoms with Crippen molar-refractivity contribution >= 4 is 33.8 Å². The van der Waals surface area contributed by atoms with E-state index < -0.39 is 10.8 Å². The number of nitro benzene ring substituents is 1. The van der Waals surface area contributed by atoms with Gasteiger partial charge in [0, 0.05) is 36.2 Å². The molecule has 148 valence electrons. The lowest BCUT2D eigenvalue weighted by Gasteiger charge is -2.13. The summed E-state index contributed by atoms with van der Waals surface area (Å²) in [5, 5.41) is 17.0. The zero-order chi connectivity index (χ0) is 20.1. The molecule has 1 aromatic heterocycles. The molecule has 0 saturated heterocycles. The average Bonchev–Trinajstić information content (AvgIpc) is 3.06. The minimum absolute atomic E-state index is 0.157. The van der Waals surface area contributed by atoms with Crippen LogP contribution in [0.25, 0.3) is 0 Å². The Kier molecular flexibility index (Phi) is 6.37. The van der Waals surface area contributed by atoms with Gasteiger partial charge in [0.05, 0.1) is 17.1 Å². The third kappa shape index (κ3) is 4.37. The van der Waals surface area contributed by atoms with Crippen LogP contribution in [0.3, 0.4) is 0 Å². The smallest absolute Gasteiger partial charge is 0.270 e. The SMILES string of the molecule is COCCNC(=O)c1c(NC(=O)c2cccc([N+](=O)[O-])c2)sc2c1CCCC2. The molecule has 2 N–H and O–H groups in total. The van der Waals surface area contributed by atoms with Gasteiger partial charge in [-0.05, 0) is 37.3 Å². The first-order valence-corrected chi connectivity index (χ1v) is 9.80. The Hall–Kier alpha value is -2.78. The maximum atomic E-state index is 12.7. The van der Waals surface area contributed by atoms with Crippen molar-refractivity contribution in [1.29, 1.82) is 0 Å². The zero-order valence-electron chi connectivity index (χ0n) is 15.4. The van der Waals surface area contributed by atoms with Gasteiger partial charge in [-0.1, -0.05) is 6.07 Å². The van der Waals surface area contributed by atoms with Gasteiger partial charge in [0.25, 0.3) is 17.5 Å². The lowest BCUT2D eigenvalue weighted by molar-refractivity contribution is -0.384. The maximum Gasteiger partial charge on any atom is 0.270 e. The summed E-state index contributed by atoms with van der Waals surface area (Å²) in [5.41, 5.74) is 1.50. The van der Waals surface area contributed by atoms with Crippen LogP contribution in [0.4, 0.5) is 10.7 Å². The molecule has 28 heavy (non-hydrogen) atoms. The molecule has 0 aliphatic heterocycles. The molecular weight excluding hydrogens is 382 g/mol. The Morgan fingerprint density at radius 3 is 2.79 bits per heavy atom. The highest BCUT2D eigenvalue weighted by Gasteiger charge is 2.26. The van der Waals surface area contributed by atoms with Crippen molar-refractivity contribution in [2.24, 2.45) is 0 Å². The minimum Gasteiger partial charge on any atom is -0.383 e. The molecule has 1 heterocycles. The van der Waals surface area contributed by atoms with Gasteiger partial charge >= 0.3 is 0 Å². The number of aryl methyl sites for hydroxylation is 1. The molecule has 1 aliphatic carbocycles. The second-order valence-corrected chi connectivity index (χ2v) is 7.53. The zero-order valence-corrected chi connectivity index (χ0v) is 16.3. The van der Waals surface area contributed by atoms with Crippen LogP contribution in [0.15, 0.2) is 24.3 Å². The van der Waals surface area contributed by atoms with Gasteiger partial charge in [0.15, 0.2) is 0 Å². The van der Waals surface area contributed by atoms with E-state index >= 15 is 0 Å². The number of fused-ring (bicyclic) bond motifs is 1. The summed E-state index contributed by atoms with van der Waals surface area (Å²) in [5.74, 6) is -0.723. The summed E-state index contributed by atoms with van der Waals surface area (Å²) in [6.45, 7) is 0.770. The number of thiophene rings is 1. The van der Waals surface area contributed by atoms with Gasteiger partial charge in [-0.2, -0.15) is 0 Å². The van der Waals surface area contributed by atoms with E-state index in [9.17, 15) is 19.7 Å². The van der Waals surface area contributed by atoms with Gasteiger partial charge in [-0.25, -0.2) is 0 Å². The van der Waals surface area contributed by atoms with Crippen LogP contribution in [0.1, 0.15) is 44.0 Å². The molecule has 1 aromatic carbocycles. The molecule has 0 unspecified atom stereocenters. The van der Waals surface area contributed by atoms with Crippen LogP contribution in [0.5, 0.6) is 0 Å². The van der Waals surface area contributed by atoms with Crippen molar-refractivity contribution < 1.29 is 19.2 Å². The lowest BCUT2D eigenvalue weighted by atomic mass is 9.95. The number of rotatable bonds is 7. The van der Waals surface area contributed by atoms with Gasteiger partial charge in [0.1, 0.15) is 5.00 Å². The Balaban J connectivity index is 1.87. The normalized spacial score (nSPS) is 12.9. The number of anilines is 1. The fourth-order valence-electron chi connectivity index (χ4n) is 3.19. The van der Waals surface area contributed by atoms with Gasteiger partial charge in [0.2, 0.25) is 0 Å². The highest BCUT2D eigenvalue weighted by atomic mass is 32.1. The molecule has 0 atom stereocenters. The van der Waals surface area contributed by atoms with E-state index in [1.807, 2.05) is 0 Å². The second-order valence-electron chi connectivity index (χ2n) is 6.43. The Labute approximate surface area is 166 Å². The number of hydrogen-bond donors (Lipinski definition) is 2. The molecule has 0 radical (unpaired) electrons. The number of benzene rings is 1. The number of methoxy groups -OCH3 is 1. The number of amides is 2. The van der Waals surface area contributed by atoms with Crippen molar-refractivity contribution in [3.63, 3.8) is 0 Å². The van der Waals surface area contributed by atoms with Gasteiger partial charge in [-0.3, -0.25) is 19.7 Å². The minimum atomic E-state index is -0.546. The molecule has 1 aliphatic rings. The van der Waals surface area contributed by atoms with Crippen LogP contribution in [0, 0.1) is 10.1 Å². The topological polar surface area (TPSA) is 111 Å². The van der Waals surface area contributed by atoms with E-state index in [1.54, 1.807) is 7.11 Å². The number of ether oxygens (including phenoxy) is 1. The van der Waals surface area contributed by atoms with E-state index in [0.717, 1.165) is 36.1 Å². The van der Waals surface area contributed by atoms with E-state index in [1.165, 1.54) is 35.6 Å². The number of nitrogens with one attached hydrogen (secondary N) is 2. The van der Waals surface area contributed by atoms with Crippen molar-refractivity contribution in [2.45, 2.75) is 25.7 Å². The first-order valence-electron chi connectivity index (χ1n) is 8.98. The van der Waals surface area contributed by atoms with Gasteiger partial charge < -0.3 is 15.4 Å². The lowest BCUT2D eigenvalue weighted by Crippen LogP contribution is -2.28. The Bertz CT molecular complexity index is 909. The maximum absolute atomic E-state index is 12.7. The number of carbonyl (C=O) groups is 2. The molecule has 0 bridgehead atoms. The van der Waals surface area contributed by atoms with Crippen LogP contribution >= 0.6 is 11.3 Å². The Morgan fingerprint density at radius 1 is 1.25 bits per heavy atom. The summed E-state index contributed by atoms with van der Waals surface area (Å²) in [4.78, 5) is 36.9. The van der Waals surface area contributed by atoms with Crippen LogP contribution in [-0.4, -0.2) is 37.0 Å². The molecule has 9 heteroatoms. The number of carbonyl (C=O) groups excluding carboxylic acids is 2. The molecule has 8 nitrogen and oxygen atoms in total. The van der Waals surface area contributed by atoms with Crippen molar-refractivity contribution in [3.05, 3.63) is 55.9 Å². The van der Waals surface area contributed by atoms with Crippen LogP contribution < -0.4 is 10.6 Å². The van der Waals surface area contributed by atoms with Gasteiger partial charge in [-0.15, -0.1) is 11.3 Å². The van der Waals surface area contributed by atoms with Crippen LogP contribution in [-0.2, 0) is 17.6 Å². The molecule has 0 spiro atoms. The summed E-state index contributed by atoms with van der Waals surface area (Å²) in [6.07, 6.45) is 3.73. The highest BCUT2D eigenvalue weighted by Crippen LogP contribution is 2.38. The average molecular weight is 403 g/mol. The number of nitro groups is 1. The first kappa shape index (κ1) is 20.0. The van der Waals surface area contributed by atoms with Crippen molar-refractivity contribution in [3.8, 4) is 0 Å². The predicted molar refractivity (Wildman–Crippen MR) is 106 cm³/mol. The Morgan fingerprint density at radius 2 is 2.04 bits per heavy atom. The largest absolute Gasteiger partial charge is 0.383 e. The van der Waals surface area contributed by atoms with Crippen molar-refractivity contribution in [1.82, 2.24) is 5.32 Å². The summed E-state index contributed by atoms with van der Waals surface area (Å²) >= 11 is 1.41. The quantitative estimate of drug-likeness (QED) is 0.419. The molecule has 3 rings (SSSR count). The molecule has 2 aromatic rings. The predicted octanol–water partition coefficient (Wildman–Crippen LogP) is 3.16. The molecular formula is C19H21N3O5S. The molecule has 2 amide bonds. The number of nitrogens with zero attached hydrogens (tertiary/aromatic N) is 1. The number of hydrogen-bond acceptors (Lipinski definition) is 6. The fourth-order valence-corrected chi connectivity index (χ4v) is 4.47. The van der Waals surface area contributed by atoms with E-state index in [4.69, 9.17) is 4.74 Å². The van der Waals surface area contributed by atoms with Crippen LogP contribution in [0.2, 0.25) is 0 Å².